The van der Waals surface area contributed by atoms with E-state index < -0.39 is 0 Å². The number of aryl methyl sites for hydroxylation is 1. The van der Waals surface area contributed by atoms with Crippen molar-refractivity contribution in [2.75, 3.05) is 45.7 Å². The van der Waals surface area contributed by atoms with Crippen LogP contribution in [0.5, 0.6) is 0 Å². The van der Waals surface area contributed by atoms with Crippen LogP contribution in [0.25, 0.3) is 0 Å². The largest absolute Gasteiger partial charge is 0.383 e. The van der Waals surface area contributed by atoms with Gasteiger partial charge in [-0.15, -0.1) is 0 Å². The van der Waals surface area contributed by atoms with Gasteiger partial charge in [0.1, 0.15) is 0 Å². The maximum absolute atomic E-state index is 5.84. The van der Waals surface area contributed by atoms with Gasteiger partial charge in [0.15, 0.2) is 5.96 Å². The van der Waals surface area contributed by atoms with Gasteiger partial charge in [-0.2, -0.15) is 0 Å². The minimum absolute atomic E-state index is 0.450. The van der Waals surface area contributed by atoms with Crippen LogP contribution >= 0.6 is 0 Å². The highest BCUT2D eigenvalue weighted by Crippen LogP contribution is 2.08. The summed E-state index contributed by atoms with van der Waals surface area (Å²) in [6, 6.07) is 8.04. The first-order valence-corrected chi connectivity index (χ1v) is 6.43. The Hall–Kier alpha value is -1.59. The molecule has 5 heteroatoms. The van der Waals surface area contributed by atoms with Crippen LogP contribution in [0.2, 0.25) is 0 Å². The summed E-state index contributed by atoms with van der Waals surface area (Å²) < 4.78 is 5.02. The van der Waals surface area contributed by atoms with Crippen molar-refractivity contribution >= 4 is 11.6 Å². The molecule has 1 aromatic carbocycles. The molecule has 0 saturated carbocycles. The molecule has 0 spiro atoms. The van der Waals surface area contributed by atoms with E-state index in [9.17, 15) is 0 Å². The lowest BCUT2D eigenvalue weighted by Gasteiger charge is -2.14. The van der Waals surface area contributed by atoms with Crippen molar-refractivity contribution in [1.82, 2.24) is 4.90 Å². The molecule has 106 valence electrons. The fourth-order valence-corrected chi connectivity index (χ4v) is 1.61. The number of rotatable bonds is 7. The van der Waals surface area contributed by atoms with Crippen molar-refractivity contribution in [3.8, 4) is 0 Å². The molecule has 0 aliphatic heterocycles. The monoisotopic (exact) mass is 264 g/mol. The minimum atomic E-state index is 0.450. The lowest BCUT2D eigenvalue weighted by Crippen LogP contribution is -2.28. The Morgan fingerprint density at radius 2 is 2.21 bits per heavy atom. The van der Waals surface area contributed by atoms with Crippen LogP contribution in [0.1, 0.15) is 5.56 Å². The van der Waals surface area contributed by atoms with E-state index in [0.29, 0.717) is 12.5 Å². The summed E-state index contributed by atoms with van der Waals surface area (Å²) in [5, 5.41) is 3.08. The van der Waals surface area contributed by atoms with E-state index >= 15 is 0 Å². The Labute approximate surface area is 115 Å². The van der Waals surface area contributed by atoms with Crippen molar-refractivity contribution in [2.24, 2.45) is 10.7 Å². The summed E-state index contributed by atoms with van der Waals surface area (Å²) in [5.74, 6) is 0.450. The molecule has 3 N–H and O–H groups in total. The number of aliphatic imine (C=N–C) groups is 1. The van der Waals surface area contributed by atoms with Gasteiger partial charge in [-0.1, -0.05) is 12.1 Å². The normalized spacial score (nSPS) is 11.9. The first kappa shape index (κ1) is 15.5. The summed E-state index contributed by atoms with van der Waals surface area (Å²) in [6.07, 6.45) is 0. The molecule has 1 aromatic rings. The van der Waals surface area contributed by atoms with Crippen molar-refractivity contribution in [3.63, 3.8) is 0 Å². The number of benzene rings is 1. The molecule has 0 saturated heterocycles. The summed E-state index contributed by atoms with van der Waals surface area (Å²) in [5.41, 5.74) is 8.00. The van der Waals surface area contributed by atoms with Crippen LogP contribution in [0.15, 0.2) is 29.3 Å². The molecule has 5 nitrogen and oxygen atoms in total. The van der Waals surface area contributed by atoms with Crippen molar-refractivity contribution < 1.29 is 4.74 Å². The van der Waals surface area contributed by atoms with E-state index in [1.54, 1.807) is 7.11 Å². The first-order chi connectivity index (χ1) is 9.11. The number of methoxy groups -OCH3 is 1. The number of likely N-dealkylation sites (N-methyl/N-ethyl adjacent to an activating group) is 1. The van der Waals surface area contributed by atoms with Crippen molar-refractivity contribution in [2.45, 2.75) is 6.92 Å². The van der Waals surface area contributed by atoms with E-state index in [4.69, 9.17) is 10.5 Å². The molecule has 0 fully saturated rings. The van der Waals surface area contributed by atoms with E-state index in [2.05, 4.69) is 15.2 Å². The predicted octanol–water partition coefficient (Wildman–Crippen LogP) is 1.30. The molecule has 0 unspecified atom stereocenters. The van der Waals surface area contributed by atoms with E-state index in [0.717, 1.165) is 25.4 Å². The SMILES string of the molecule is COCCN(C)CCN=C(N)Nc1cccc(C)c1. The predicted molar refractivity (Wildman–Crippen MR) is 80.7 cm³/mol. The Balaban J connectivity index is 2.33. The number of hydrogen-bond donors (Lipinski definition) is 2. The smallest absolute Gasteiger partial charge is 0.193 e. The molecule has 0 aliphatic carbocycles. The molecule has 0 atom stereocenters. The fourth-order valence-electron chi connectivity index (χ4n) is 1.61. The third kappa shape index (κ3) is 6.79. The van der Waals surface area contributed by atoms with Gasteiger partial charge in [-0.05, 0) is 31.7 Å². The number of nitrogens with one attached hydrogen (secondary N) is 1. The number of hydrogen-bond acceptors (Lipinski definition) is 3. The number of nitrogens with zero attached hydrogens (tertiary/aromatic N) is 2. The summed E-state index contributed by atoms with van der Waals surface area (Å²) >= 11 is 0. The minimum Gasteiger partial charge on any atom is -0.383 e. The molecular weight excluding hydrogens is 240 g/mol. The average Bonchev–Trinajstić information content (AvgIpc) is 2.36. The molecular formula is C14H24N4O. The highest BCUT2D eigenvalue weighted by Gasteiger charge is 1.98. The molecule has 0 radical (unpaired) electrons. The van der Waals surface area contributed by atoms with Crippen molar-refractivity contribution in [3.05, 3.63) is 29.8 Å². The molecule has 0 heterocycles. The maximum Gasteiger partial charge on any atom is 0.193 e. The van der Waals surface area contributed by atoms with Gasteiger partial charge in [-0.3, -0.25) is 4.99 Å². The Morgan fingerprint density at radius 3 is 2.89 bits per heavy atom. The lowest BCUT2D eigenvalue weighted by atomic mass is 10.2. The fraction of sp³-hybridized carbons (Fsp3) is 0.500. The molecule has 0 amide bonds. The van der Waals surface area contributed by atoms with E-state index in [-0.39, 0.29) is 0 Å². The number of anilines is 1. The highest BCUT2D eigenvalue weighted by molar-refractivity contribution is 5.92. The van der Waals surface area contributed by atoms with Crippen LogP contribution in [0, 0.1) is 6.92 Å². The lowest BCUT2D eigenvalue weighted by molar-refractivity contribution is 0.163. The molecule has 0 aromatic heterocycles. The Bertz CT molecular complexity index is 406. The standard InChI is InChI=1S/C14H24N4O/c1-12-5-4-6-13(11-12)17-14(15)16-7-8-18(2)9-10-19-3/h4-6,11H,7-10H2,1-3H3,(H3,15,16,17). The zero-order chi connectivity index (χ0) is 14.1. The van der Waals surface area contributed by atoms with Crippen molar-refractivity contribution in [1.29, 1.82) is 0 Å². The Morgan fingerprint density at radius 1 is 1.42 bits per heavy atom. The van der Waals surface area contributed by atoms with E-state index in [1.165, 1.54) is 5.56 Å². The number of nitrogens with two attached hydrogens (primary N) is 1. The van der Waals surface area contributed by atoms with Gasteiger partial charge >= 0.3 is 0 Å². The van der Waals surface area contributed by atoms with Gasteiger partial charge in [0.25, 0.3) is 0 Å². The zero-order valence-corrected chi connectivity index (χ0v) is 12.0. The number of ether oxygens (including phenoxy) is 1. The second-order valence-corrected chi connectivity index (χ2v) is 4.56. The van der Waals surface area contributed by atoms with Gasteiger partial charge < -0.3 is 20.7 Å². The van der Waals surface area contributed by atoms with Gasteiger partial charge in [0.2, 0.25) is 0 Å². The summed E-state index contributed by atoms with van der Waals surface area (Å²) in [4.78, 5) is 6.46. The summed E-state index contributed by atoms with van der Waals surface area (Å²) in [7, 11) is 3.74. The second-order valence-electron chi connectivity index (χ2n) is 4.56. The average molecular weight is 264 g/mol. The molecule has 0 bridgehead atoms. The van der Waals surface area contributed by atoms with Crippen LogP contribution in [-0.4, -0.2) is 51.3 Å². The highest BCUT2D eigenvalue weighted by atomic mass is 16.5. The zero-order valence-electron chi connectivity index (χ0n) is 12.0. The molecule has 1 rings (SSSR count). The Kier molecular flexibility index (Phi) is 6.92. The van der Waals surface area contributed by atoms with E-state index in [1.807, 2.05) is 38.2 Å². The third-order valence-corrected chi connectivity index (χ3v) is 2.73. The third-order valence-electron chi connectivity index (χ3n) is 2.73. The van der Waals surface area contributed by atoms with Gasteiger partial charge in [0, 0.05) is 25.9 Å². The maximum atomic E-state index is 5.84. The van der Waals surface area contributed by atoms with Crippen LogP contribution in [0.3, 0.4) is 0 Å². The van der Waals surface area contributed by atoms with Crippen LogP contribution in [0.4, 0.5) is 5.69 Å². The number of guanidine groups is 1. The quantitative estimate of drug-likeness (QED) is 0.575. The first-order valence-electron chi connectivity index (χ1n) is 6.43. The van der Waals surface area contributed by atoms with Crippen LogP contribution in [-0.2, 0) is 4.74 Å². The second kappa shape index (κ2) is 8.50. The van der Waals surface area contributed by atoms with Gasteiger partial charge in [-0.25, -0.2) is 0 Å². The van der Waals surface area contributed by atoms with Gasteiger partial charge in [0.05, 0.1) is 13.2 Å². The summed E-state index contributed by atoms with van der Waals surface area (Å²) in [6.45, 7) is 5.21. The molecule has 19 heavy (non-hydrogen) atoms. The van der Waals surface area contributed by atoms with Crippen LogP contribution < -0.4 is 11.1 Å². The molecule has 0 aliphatic rings. The topological polar surface area (TPSA) is 62.9 Å².